The van der Waals surface area contributed by atoms with E-state index < -0.39 is 11.7 Å². The first-order chi connectivity index (χ1) is 14.4. The number of halogens is 3. The van der Waals surface area contributed by atoms with E-state index in [9.17, 15) is 13.2 Å². The molecule has 1 aliphatic heterocycles. The largest absolute Gasteiger partial charge is 0.486 e. The van der Waals surface area contributed by atoms with E-state index in [2.05, 4.69) is 10.1 Å². The summed E-state index contributed by atoms with van der Waals surface area (Å²) in [7, 11) is 0. The number of ether oxygens (including phenoxy) is 2. The Morgan fingerprint density at radius 2 is 1.67 bits per heavy atom. The summed E-state index contributed by atoms with van der Waals surface area (Å²) in [5, 5.41) is 4.34. The third-order valence-electron chi connectivity index (χ3n) is 4.96. The second-order valence-electron chi connectivity index (χ2n) is 6.94. The van der Waals surface area contributed by atoms with Crippen LogP contribution in [0.3, 0.4) is 0 Å². The van der Waals surface area contributed by atoms with E-state index in [1.807, 2.05) is 6.07 Å². The van der Waals surface area contributed by atoms with Crippen molar-refractivity contribution < 1.29 is 22.6 Å². The standard InChI is InChI=1S/C22H16F3N3O2/c1-13-20-16(22(23,24)25)12-17(14-7-8-18-19(11-14)30-10-9-29-18)26-21(20)28(27-13)15-5-3-2-4-6-15/h2-8,11-12H,9-10H2,1H3. The van der Waals surface area contributed by atoms with Gasteiger partial charge in [0.05, 0.1) is 28.0 Å². The highest BCUT2D eigenvalue weighted by Gasteiger charge is 2.36. The topological polar surface area (TPSA) is 49.2 Å². The smallest absolute Gasteiger partial charge is 0.417 e. The van der Waals surface area contributed by atoms with Crippen molar-refractivity contribution in [2.24, 2.45) is 0 Å². The molecule has 0 aliphatic carbocycles. The summed E-state index contributed by atoms with van der Waals surface area (Å²) in [6.07, 6.45) is -4.56. The van der Waals surface area contributed by atoms with Gasteiger partial charge in [-0.1, -0.05) is 18.2 Å². The summed E-state index contributed by atoms with van der Waals surface area (Å²) in [6, 6.07) is 15.1. The molecule has 152 valence electrons. The van der Waals surface area contributed by atoms with Gasteiger partial charge in [0.25, 0.3) is 0 Å². The predicted molar refractivity (Wildman–Crippen MR) is 105 cm³/mol. The van der Waals surface area contributed by atoms with Gasteiger partial charge < -0.3 is 9.47 Å². The quantitative estimate of drug-likeness (QED) is 0.456. The number of benzene rings is 2. The predicted octanol–water partition coefficient (Wildman–Crippen LogP) is 5.19. The van der Waals surface area contributed by atoms with Gasteiger partial charge in [-0.25, -0.2) is 9.67 Å². The number of pyridine rings is 1. The number of hydrogen-bond donors (Lipinski definition) is 0. The van der Waals surface area contributed by atoms with Crippen molar-refractivity contribution in [3.63, 3.8) is 0 Å². The van der Waals surface area contributed by atoms with Crippen LogP contribution < -0.4 is 9.47 Å². The zero-order chi connectivity index (χ0) is 20.9. The summed E-state index contributed by atoms with van der Waals surface area (Å²) >= 11 is 0. The van der Waals surface area contributed by atoms with Crippen molar-refractivity contribution in [3.8, 4) is 28.4 Å². The first kappa shape index (κ1) is 18.5. The molecule has 0 amide bonds. The van der Waals surface area contributed by atoms with Crippen molar-refractivity contribution in [3.05, 3.63) is 65.9 Å². The van der Waals surface area contributed by atoms with Crippen molar-refractivity contribution in [2.75, 3.05) is 13.2 Å². The van der Waals surface area contributed by atoms with Crippen molar-refractivity contribution in [2.45, 2.75) is 13.1 Å². The number of rotatable bonds is 2. The lowest BCUT2D eigenvalue weighted by molar-refractivity contribution is -0.136. The second-order valence-corrected chi connectivity index (χ2v) is 6.94. The monoisotopic (exact) mass is 411 g/mol. The Morgan fingerprint density at radius 3 is 2.40 bits per heavy atom. The molecule has 4 aromatic rings. The number of aryl methyl sites for hydroxylation is 1. The first-order valence-electron chi connectivity index (χ1n) is 9.35. The van der Waals surface area contributed by atoms with Gasteiger partial charge in [-0.2, -0.15) is 18.3 Å². The molecule has 0 fully saturated rings. The number of alkyl halides is 3. The minimum absolute atomic E-state index is 0.00681. The fourth-order valence-electron chi connectivity index (χ4n) is 3.61. The zero-order valence-electron chi connectivity index (χ0n) is 15.9. The van der Waals surface area contributed by atoms with Crippen molar-refractivity contribution in [1.82, 2.24) is 14.8 Å². The Balaban J connectivity index is 1.78. The van der Waals surface area contributed by atoms with Gasteiger partial charge in [0.2, 0.25) is 0 Å². The molecule has 2 aromatic heterocycles. The highest BCUT2D eigenvalue weighted by atomic mass is 19.4. The average Bonchev–Trinajstić information content (AvgIpc) is 3.09. The van der Waals surface area contributed by atoms with E-state index >= 15 is 0 Å². The van der Waals surface area contributed by atoms with Crippen LogP contribution in [-0.4, -0.2) is 28.0 Å². The molecular weight excluding hydrogens is 395 g/mol. The molecule has 0 bridgehead atoms. The van der Waals surface area contributed by atoms with E-state index in [0.29, 0.717) is 36.0 Å². The van der Waals surface area contributed by atoms with Crippen LogP contribution in [0.2, 0.25) is 0 Å². The number of aromatic nitrogens is 3. The van der Waals surface area contributed by atoms with Gasteiger partial charge >= 0.3 is 6.18 Å². The van der Waals surface area contributed by atoms with Crippen LogP contribution in [0.4, 0.5) is 13.2 Å². The number of nitrogens with zero attached hydrogens (tertiary/aromatic N) is 3. The number of fused-ring (bicyclic) bond motifs is 2. The van der Waals surface area contributed by atoms with E-state index in [1.54, 1.807) is 49.4 Å². The fraction of sp³-hybridized carbons (Fsp3) is 0.182. The minimum Gasteiger partial charge on any atom is -0.486 e. The summed E-state index contributed by atoms with van der Waals surface area (Å²) in [4.78, 5) is 4.57. The maximum atomic E-state index is 14.0. The molecule has 3 heterocycles. The van der Waals surface area contributed by atoms with Crippen LogP contribution >= 0.6 is 0 Å². The van der Waals surface area contributed by atoms with Gasteiger partial charge in [-0.15, -0.1) is 0 Å². The minimum atomic E-state index is -4.56. The first-order valence-corrected chi connectivity index (χ1v) is 9.35. The SMILES string of the molecule is Cc1nn(-c2ccccc2)c2nc(-c3ccc4c(c3)OCCO4)cc(C(F)(F)F)c12. The van der Waals surface area contributed by atoms with Gasteiger partial charge in [-0.05, 0) is 43.3 Å². The Kier molecular flexibility index (Phi) is 4.16. The lowest BCUT2D eigenvalue weighted by atomic mass is 10.0. The molecule has 0 unspecified atom stereocenters. The van der Waals surface area contributed by atoms with E-state index in [1.165, 1.54) is 4.68 Å². The van der Waals surface area contributed by atoms with Crippen LogP contribution in [0.15, 0.2) is 54.6 Å². The maximum absolute atomic E-state index is 14.0. The summed E-state index contributed by atoms with van der Waals surface area (Å²) < 4.78 is 54.4. The van der Waals surface area contributed by atoms with E-state index in [0.717, 1.165) is 6.07 Å². The van der Waals surface area contributed by atoms with Gasteiger partial charge in [-0.3, -0.25) is 0 Å². The molecule has 30 heavy (non-hydrogen) atoms. The van der Waals surface area contributed by atoms with Crippen LogP contribution in [-0.2, 0) is 6.18 Å². The molecule has 5 nitrogen and oxygen atoms in total. The Labute approximate surface area is 169 Å². The van der Waals surface area contributed by atoms with Gasteiger partial charge in [0.1, 0.15) is 13.2 Å². The maximum Gasteiger partial charge on any atom is 0.417 e. The molecule has 2 aromatic carbocycles. The average molecular weight is 411 g/mol. The molecule has 1 aliphatic rings. The normalized spacial score (nSPS) is 13.6. The molecule has 0 N–H and O–H groups in total. The van der Waals surface area contributed by atoms with E-state index in [-0.39, 0.29) is 22.4 Å². The molecule has 0 saturated heterocycles. The van der Waals surface area contributed by atoms with Gasteiger partial charge in [0, 0.05) is 5.56 Å². The van der Waals surface area contributed by atoms with Crippen LogP contribution in [0, 0.1) is 6.92 Å². The Morgan fingerprint density at radius 1 is 0.933 bits per heavy atom. The van der Waals surface area contributed by atoms with Crippen molar-refractivity contribution >= 4 is 11.0 Å². The molecule has 0 spiro atoms. The highest BCUT2D eigenvalue weighted by molar-refractivity contribution is 5.87. The number of hydrogen-bond acceptors (Lipinski definition) is 4. The number of para-hydroxylation sites is 1. The summed E-state index contributed by atoms with van der Waals surface area (Å²) in [5.74, 6) is 1.05. The molecule has 0 radical (unpaired) electrons. The highest BCUT2D eigenvalue weighted by Crippen LogP contribution is 2.40. The van der Waals surface area contributed by atoms with Crippen LogP contribution in [0.25, 0.3) is 28.0 Å². The molecule has 5 rings (SSSR count). The lowest BCUT2D eigenvalue weighted by Crippen LogP contribution is -2.15. The van der Waals surface area contributed by atoms with Crippen molar-refractivity contribution in [1.29, 1.82) is 0 Å². The van der Waals surface area contributed by atoms with E-state index in [4.69, 9.17) is 9.47 Å². The summed E-state index contributed by atoms with van der Waals surface area (Å²) in [6.45, 7) is 2.38. The van der Waals surface area contributed by atoms with Crippen LogP contribution in [0.5, 0.6) is 11.5 Å². The molecule has 8 heteroatoms. The molecule has 0 atom stereocenters. The lowest BCUT2D eigenvalue weighted by Gasteiger charge is -2.19. The fourth-order valence-corrected chi connectivity index (χ4v) is 3.61. The third kappa shape index (κ3) is 3.04. The summed E-state index contributed by atoms with van der Waals surface area (Å²) in [5.41, 5.74) is 0.974. The Bertz CT molecular complexity index is 1250. The zero-order valence-corrected chi connectivity index (χ0v) is 15.9. The van der Waals surface area contributed by atoms with Gasteiger partial charge in [0.15, 0.2) is 17.1 Å². The second kappa shape index (κ2) is 6.76. The third-order valence-corrected chi connectivity index (χ3v) is 4.96. The molecular formula is C22H16F3N3O2. The Hall–Kier alpha value is -3.55. The molecule has 0 saturated carbocycles. The van der Waals surface area contributed by atoms with Crippen LogP contribution in [0.1, 0.15) is 11.3 Å².